The van der Waals surface area contributed by atoms with Gasteiger partial charge in [-0.1, -0.05) is 79.1 Å². The summed E-state index contributed by atoms with van der Waals surface area (Å²) in [5.41, 5.74) is 2.47. The van der Waals surface area contributed by atoms with Gasteiger partial charge in [-0.05, 0) is 28.0 Å². The van der Waals surface area contributed by atoms with Gasteiger partial charge in [0, 0.05) is 9.79 Å². The summed E-state index contributed by atoms with van der Waals surface area (Å²) in [5, 5.41) is 3.73. The van der Waals surface area contributed by atoms with Crippen molar-refractivity contribution in [3.05, 3.63) is 72.5 Å². The predicted molar refractivity (Wildman–Crippen MR) is 84.0 cm³/mol. The standard InChI is InChI=1S/C16H14S2/c1-3-17-15-12-8-11-14(16(15)18-4-2)13-9-6-5-7-10-13/h3-12H,1-2H2. The zero-order chi connectivity index (χ0) is 12.8. The van der Waals surface area contributed by atoms with Gasteiger partial charge in [-0.2, -0.15) is 0 Å². The lowest BCUT2D eigenvalue weighted by Gasteiger charge is -2.11. The van der Waals surface area contributed by atoms with Crippen LogP contribution in [0.1, 0.15) is 0 Å². The average Bonchev–Trinajstić information content (AvgIpc) is 2.42. The Morgan fingerprint density at radius 2 is 1.50 bits per heavy atom. The second-order valence-corrected chi connectivity index (χ2v) is 5.55. The highest BCUT2D eigenvalue weighted by atomic mass is 32.2. The Labute approximate surface area is 117 Å². The number of hydrogen-bond donors (Lipinski definition) is 0. The second-order valence-electron chi connectivity index (χ2n) is 3.57. The summed E-state index contributed by atoms with van der Waals surface area (Å²) in [6.45, 7) is 7.61. The van der Waals surface area contributed by atoms with Crippen molar-refractivity contribution in [3.8, 4) is 11.1 Å². The molecule has 2 heteroatoms. The van der Waals surface area contributed by atoms with Gasteiger partial charge in [-0.25, -0.2) is 0 Å². The molecule has 2 aromatic carbocycles. The highest BCUT2D eigenvalue weighted by Gasteiger charge is 2.09. The molecule has 0 aliphatic carbocycles. The third kappa shape index (κ3) is 2.89. The van der Waals surface area contributed by atoms with E-state index in [-0.39, 0.29) is 0 Å². The maximum Gasteiger partial charge on any atom is 0.0333 e. The Hall–Kier alpha value is -1.38. The van der Waals surface area contributed by atoms with Crippen molar-refractivity contribution in [1.82, 2.24) is 0 Å². The normalized spacial score (nSPS) is 10.0. The molecule has 0 atom stereocenters. The van der Waals surface area contributed by atoms with E-state index in [1.807, 2.05) is 16.9 Å². The minimum Gasteiger partial charge on any atom is -0.0975 e. The first-order chi connectivity index (χ1) is 8.86. The second kappa shape index (κ2) is 6.53. The van der Waals surface area contributed by atoms with Crippen molar-refractivity contribution in [2.24, 2.45) is 0 Å². The van der Waals surface area contributed by atoms with E-state index in [0.29, 0.717) is 0 Å². The first-order valence-corrected chi connectivity index (χ1v) is 7.36. The van der Waals surface area contributed by atoms with Gasteiger partial charge in [0.25, 0.3) is 0 Å². The minimum absolute atomic E-state index is 1.22. The maximum atomic E-state index is 3.82. The molecule has 0 amide bonds. The molecule has 90 valence electrons. The summed E-state index contributed by atoms with van der Waals surface area (Å²) in [4.78, 5) is 2.46. The smallest absolute Gasteiger partial charge is 0.0333 e. The molecule has 0 saturated carbocycles. The van der Waals surface area contributed by atoms with Gasteiger partial charge in [0.05, 0.1) is 0 Å². The van der Waals surface area contributed by atoms with Gasteiger partial charge in [0.15, 0.2) is 0 Å². The van der Waals surface area contributed by atoms with Crippen molar-refractivity contribution in [1.29, 1.82) is 0 Å². The SMILES string of the molecule is C=CSc1cccc(-c2ccccc2)c1SC=C. The lowest BCUT2D eigenvalue weighted by molar-refractivity contribution is 1.26. The quantitative estimate of drug-likeness (QED) is 0.627. The summed E-state index contributed by atoms with van der Waals surface area (Å²) in [6.07, 6.45) is 0. The molecule has 0 heterocycles. The number of thioether (sulfide) groups is 2. The first-order valence-electron chi connectivity index (χ1n) is 5.60. The summed E-state index contributed by atoms with van der Waals surface area (Å²) >= 11 is 3.30. The lowest BCUT2D eigenvalue weighted by Crippen LogP contribution is -1.84. The van der Waals surface area contributed by atoms with Gasteiger partial charge in [-0.3, -0.25) is 0 Å². The van der Waals surface area contributed by atoms with Gasteiger partial charge < -0.3 is 0 Å². The molecule has 0 radical (unpaired) electrons. The molecular weight excluding hydrogens is 256 g/mol. The molecule has 0 aliphatic rings. The third-order valence-corrected chi connectivity index (χ3v) is 4.21. The fourth-order valence-corrected chi connectivity index (χ4v) is 3.25. The fraction of sp³-hybridized carbons (Fsp3) is 0. The number of rotatable bonds is 5. The molecule has 0 nitrogen and oxygen atoms in total. The van der Waals surface area contributed by atoms with Crippen LogP contribution >= 0.6 is 23.5 Å². The summed E-state index contributed by atoms with van der Waals surface area (Å²) < 4.78 is 0. The van der Waals surface area contributed by atoms with Crippen LogP contribution in [-0.4, -0.2) is 0 Å². The van der Waals surface area contributed by atoms with Crippen molar-refractivity contribution < 1.29 is 0 Å². The third-order valence-electron chi connectivity index (χ3n) is 2.48. The largest absolute Gasteiger partial charge is 0.0975 e. The van der Waals surface area contributed by atoms with Crippen LogP contribution in [0.4, 0.5) is 0 Å². The predicted octanol–water partition coefficient (Wildman–Crippen LogP) is 5.82. The van der Waals surface area contributed by atoms with Gasteiger partial charge >= 0.3 is 0 Å². The molecule has 2 rings (SSSR count). The van der Waals surface area contributed by atoms with E-state index in [2.05, 4.69) is 55.6 Å². The molecule has 0 aromatic heterocycles. The van der Waals surface area contributed by atoms with E-state index in [0.717, 1.165) is 0 Å². The van der Waals surface area contributed by atoms with Gasteiger partial charge in [-0.15, -0.1) is 0 Å². The van der Waals surface area contributed by atoms with Gasteiger partial charge in [0.2, 0.25) is 0 Å². The molecule has 2 aromatic rings. The van der Waals surface area contributed by atoms with Crippen LogP contribution in [0.15, 0.2) is 82.3 Å². The molecular formula is C16H14S2. The van der Waals surface area contributed by atoms with E-state index in [1.165, 1.54) is 20.9 Å². The van der Waals surface area contributed by atoms with Crippen LogP contribution in [0.25, 0.3) is 11.1 Å². The number of hydrogen-bond acceptors (Lipinski definition) is 2. The Morgan fingerprint density at radius 3 is 2.17 bits per heavy atom. The molecule has 0 N–H and O–H groups in total. The van der Waals surface area contributed by atoms with E-state index in [9.17, 15) is 0 Å². The molecule has 0 saturated heterocycles. The topological polar surface area (TPSA) is 0 Å². The molecule has 0 spiro atoms. The molecule has 0 fully saturated rings. The molecule has 0 bridgehead atoms. The van der Waals surface area contributed by atoms with Crippen molar-refractivity contribution in [2.75, 3.05) is 0 Å². The van der Waals surface area contributed by atoms with E-state index in [4.69, 9.17) is 0 Å². The highest BCUT2D eigenvalue weighted by molar-refractivity contribution is 8.05. The number of benzene rings is 2. The molecule has 0 aliphatic heterocycles. The van der Waals surface area contributed by atoms with Crippen molar-refractivity contribution >= 4 is 23.5 Å². The van der Waals surface area contributed by atoms with Crippen LogP contribution in [0.2, 0.25) is 0 Å². The van der Waals surface area contributed by atoms with Crippen LogP contribution < -0.4 is 0 Å². The fourth-order valence-electron chi connectivity index (χ4n) is 1.75. The Morgan fingerprint density at radius 1 is 0.778 bits per heavy atom. The summed E-state index contributed by atoms with van der Waals surface area (Å²) in [6, 6.07) is 16.8. The monoisotopic (exact) mass is 270 g/mol. The lowest BCUT2D eigenvalue weighted by atomic mass is 10.1. The van der Waals surface area contributed by atoms with Crippen LogP contribution in [-0.2, 0) is 0 Å². The van der Waals surface area contributed by atoms with Crippen LogP contribution in [0, 0.1) is 0 Å². The van der Waals surface area contributed by atoms with Crippen molar-refractivity contribution in [2.45, 2.75) is 9.79 Å². The maximum absolute atomic E-state index is 3.82. The minimum atomic E-state index is 1.22. The zero-order valence-corrected chi connectivity index (χ0v) is 11.6. The highest BCUT2D eigenvalue weighted by Crippen LogP contribution is 2.39. The van der Waals surface area contributed by atoms with Crippen LogP contribution in [0.5, 0.6) is 0 Å². The Bertz CT molecular complexity index is 544. The molecule has 0 unspecified atom stereocenters. The van der Waals surface area contributed by atoms with Gasteiger partial charge in [0.1, 0.15) is 0 Å². The van der Waals surface area contributed by atoms with Crippen molar-refractivity contribution in [3.63, 3.8) is 0 Å². The van der Waals surface area contributed by atoms with E-state index >= 15 is 0 Å². The average molecular weight is 270 g/mol. The summed E-state index contributed by atoms with van der Waals surface area (Å²) in [7, 11) is 0. The zero-order valence-electron chi connectivity index (χ0n) is 10.0. The van der Waals surface area contributed by atoms with Crippen LogP contribution in [0.3, 0.4) is 0 Å². The first kappa shape index (κ1) is 13.1. The Balaban J connectivity index is 2.55. The van der Waals surface area contributed by atoms with E-state index in [1.54, 1.807) is 23.5 Å². The van der Waals surface area contributed by atoms with E-state index < -0.39 is 0 Å². The molecule has 18 heavy (non-hydrogen) atoms. The Kier molecular flexibility index (Phi) is 4.73. The summed E-state index contributed by atoms with van der Waals surface area (Å²) in [5.74, 6) is 0.